The molecule has 8 heteroatoms. The van der Waals surface area contributed by atoms with E-state index in [4.69, 9.17) is 0 Å². The van der Waals surface area contributed by atoms with E-state index in [0.29, 0.717) is 30.9 Å². The third-order valence-corrected chi connectivity index (χ3v) is 6.99. The molecule has 2 aliphatic rings. The first kappa shape index (κ1) is 18.8. The Bertz CT molecular complexity index is 842. The minimum atomic E-state index is -3.55. The molecular weight excluding hydrogens is 354 g/mol. The van der Waals surface area contributed by atoms with Gasteiger partial charge < -0.3 is 10.2 Å². The van der Waals surface area contributed by atoms with Crippen LogP contribution in [-0.2, 0) is 25.0 Å². The molecule has 0 unspecified atom stereocenters. The minimum absolute atomic E-state index is 0.0681. The van der Waals surface area contributed by atoms with Gasteiger partial charge in [-0.25, -0.2) is 8.42 Å². The van der Waals surface area contributed by atoms with Gasteiger partial charge in [-0.05, 0) is 57.4 Å². The number of hydrogen-bond acceptors (Lipinski definition) is 4. The van der Waals surface area contributed by atoms with Crippen LogP contribution in [0.5, 0.6) is 0 Å². The summed E-state index contributed by atoms with van der Waals surface area (Å²) in [6, 6.07) is 4.77. The molecule has 0 aromatic heterocycles. The third kappa shape index (κ3) is 3.01. The Morgan fingerprint density at radius 3 is 2.50 bits per heavy atom. The van der Waals surface area contributed by atoms with Gasteiger partial charge in [-0.15, -0.1) is 0 Å². The summed E-state index contributed by atoms with van der Waals surface area (Å²) in [5.41, 5.74) is 0.372. The average Bonchev–Trinajstić information content (AvgIpc) is 3.19. The van der Waals surface area contributed by atoms with Gasteiger partial charge in [0.25, 0.3) is 0 Å². The zero-order valence-electron chi connectivity index (χ0n) is 15.4. The predicted octanol–water partition coefficient (Wildman–Crippen LogP) is 1.23. The lowest BCUT2D eigenvalue weighted by Crippen LogP contribution is -2.42. The van der Waals surface area contributed by atoms with E-state index in [1.54, 1.807) is 26.0 Å². The van der Waals surface area contributed by atoms with E-state index < -0.39 is 15.4 Å². The lowest BCUT2D eigenvalue weighted by atomic mass is 9.86. The molecule has 0 bridgehead atoms. The number of nitrogens with zero attached hydrogens (tertiary/aromatic N) is 2. The van der Waals surface area contributed by atoms with Crippen molar-refractivity contribution < 1.29 is 18.0 Å². The van der Waals surface area contributed by atoms with Gasteiger partial charge in [0.1, 0.15) is 6.54 Å². The van der Waals surface area contributed by atoms with E-state index in [-0.39, 0.29) is 23.3 Å². The molecule has 3 rings (SSSR count). The number of amides is 2. The molecule has 0 spiro atoms. The highest BCUT2D eigenvalue weighted by molar-refractivity contribution is 7.89. The Hall–Kier alpha value is -1.93. The standard InChI is InChI=1S/C18H25N3O4S/c1-4-19-16(22)12-21-15-8-7-13(11-14(15)18(2,3)17(21)23)26(24,25)20-9-5-6-10-20/h7-8,11H,4-6,9-10,12H2,1-3H3,(H,19,22). The Labute approximate surface area is 154 Å². The second-order valence-corrected chi connectivity index (χ2v) is 9.20. The van der Waals surface area contributed by atoms with Gasteiger partial charge >= 0.3 is 0 Å². The van der Waals surface area contributed by atoms with Crippen LogP contribution in [-0.4, -0.2) is 50.7 Å². The highest BCUT2D eigenvalue weighted by Gasteiger charge is 2.45. The van der Waals surface area contributed by atoms with Gasteiger partial charge in [0, 0.05) is 25.3 Å². The van der Waals surface area contributed by atoms with Crippen molar-refractivity contribution in [3.8, 4) is 0 Å². The molecule has 0 saturated carbocycles. The van der Waals surface area contributed by atoms with Gasteiger partial charge in [-0.1, -0.05) is 0 Å². The Kier molecular flexibility index (Phi) is 4.83. The molecule has 1 fully saturated rings. The monoisotopic (exact) mass is 379 g/mol. The van der Waals surface area contributed by atoms with Gasteiger partial charge in [0.15, 0.2) is 0 Å². The van der Waals surface area contributed by atoms with Gasteiger partial charge in [0.05, 0.1) is 10.3 Å². The van der Waals surface area contributed by atoms with Crippen molar-refractivity contribution in [3.05, 3.63) is 23.8 Å². The van der Waals surface area contributed by atoms with E-state index in [0.717, 1.165) is 12.8 Å². The predicted molar refractivity (Wildman–Crippen MR) is 98.5 cm³/mol. The van der Waals surface area contributed by atoms with E-state index >= 15 is 0 Å². The number of likely N-dealkylation sites (N-methyl/N-ethyl adjacent to an activating group) is 1. The molecule has 2 amide bonds. The fourth-order valence-electron chi connectivity index (χ4n) is 3.60. The molecule has 26 heavy (non-hydrogen) atoms. The van der Waals surface area contributed by atoms with Crippen LogP contribution in [0.1, 0.15) is 39.2 Å². The Morgan fingerprint density at radius 1 is 1.23 bits per heavy atom. The smallest absolute Gasteiger partial charge is 0.243 e. The maximum Gasteiger partial charge on any atom is 0.243 e. The molecule has 1 N–H and O–H groups in total. The topological polar surface area (TPSA) is 86.8 Å². The molecule has 7 nitrogen and oxygen atoms in total. The highest BCUT2D eigenvalue weighted by atomic mass is 32.2. The maximum absolute atomic E-state index is 12.8. The number of carbonyl (C=O) groups excluding carboxylic acids is 2. The van der Waals surface area contributed by atoms with E-state index in [2.05, 4.69) is 5.32 Å². The van der Waals surface area contributed by atoms with Crippen LogP contribution in [0.4, 0.5) is 5.69 Å². The van der Waals surface area contributed by atoms with E-state index in [1.807, 2.05) is 6.92 Å². The first-order valence-electron chi connectivity index (χ1n) is 8.93. The molecule has 0 atom stereocenters. The van der Waals surface area contributed by atoms with Crippen LogP contribution in [0.3, 0.4) is 0 Å². The van der Waals surface area contributed by atoms with Crippen LogP contribution in [0.25, 0.3) is 0 Å². The first-order valence-corrected chi connectivity index (χ1v) is 10.4. The number of hydrogen-bond donors (Lipinski definition) is 1. The third-order valence-electron chi connectivity index (χ3n) is 5.09. The molecule has 1 aromatic carbocycles. The SMILES string of the molecule is CCNC(=O)CN1C(=O)C(C)(C)c2cc(S(=O)(=O)N3CCCC3)ccc21. The van der Waals surface area contributed by atoms with Crippen molar-refractivity contribution in [2.75, 3.05) is 31.1 Å². The molecule has 2 aliphatic heterocycles. The van der Waals surface area contributed by atoms with Crippen molar-refractivity contribution in [1.29, 1.82) is 0 Å². The fraction of sp³-hybridized carbons (Fsp3) is 0.556. The van der Waals surface area contributed by atoms with Crippen molar-refractivity contribution in [2.24, 2.45) is 0 Å². The second-order valence-electron chi connectivity index (χ2n) is 7.26. The summed E-state index contributed by atoms with van der Waals surface area (Å²) in [5.74, 6) is -0.437. The van der Waals surface area contributed by atoms with Crippen LogP contribution in [0.15, 0.2) is 23.1 Å². The number of rotatable bonds is 5. The van der Waals surface area contributed by atoms with Crippen molar-refractivity contribution in [3.63, 3.8) is 0 Å². The summed E-state index contributed by atoms with van der Waals surface area (Å²) in [4.78, 5) is 26.4. The van der Waals surface area contributed by atoms with E-state index in [9.17, 15) is 18.0 Å². The average molecular weight is 379 g/mol. The largest absolute Gasteiger partial charge is 0.355 e. The van der Waals surface area contributed by atoms with Crippen LogP contribution in [0, 0.1) is 0 Å². The molecule has 142 valence electrons. The molecular formula is C18H25N3O4S. The van der Waals surface area contributed by atoms with E-state index in [1.165, 1.54) is 15.3 Å². The van der Waals surface area contributed by atoms with Crippen LogP contribution in [0.2, 0.25) is 0 Å². The number of nitrogens with one attached hydrogen (secondary N) is 1. The molecule has 0 aliphatic carbocycles. The zero-order chi connectivity index (χ0) is 19.1. The van der Waals surface area contributed by atoms with Crippen molar-refractivity contribution in [2.45, 2.75) is 43.9 Å². The second kappa shape index (κ2) is 6.66. The Morgan fingerprint density at radius 2 is 1.88 bits per heavy atom. The van der Waals surface area contributed by atoms with Crippen molar-refractivity contribution >= 4 is 27.5 Å². The quantitative estimate of drug-likeness (QED) is 0.834. The summed E-state index contributed by atoms with van der Waals surface area (Å²) in [5, 5.41) is 2.69. The maximum atomic E-state index is 12.8. The Balaban J connectivity index is 1.99. The van der Waals surface area contributed by atoms with Crippen LogP contribution >= 0.6 is 0 Å². The number of carbonyl (C=O) groups is 2. The number of fused-ring (bicyclic) bond motifs is 1. The summed E-state index contributed by atoms with van der Waals surface area (Å²) in [7, 11) is -3.55. The van der Waals surface area contributed by atoms with Gasteiger partial charge in [-0.2, -0.15) is 4.31 Å². The number of sulfonamides is 1. The summed E-state index contributed by atoms with van der Waals surface area (Å²) in [6.07, 6.45) is 1.74. The van der Waals surface area contributed by atoms with Gasteiger partial charge in [-0.3, -0.25) is 9.59 Å². The first-order chi connectivity index (χ1) is 12.2. The lowest BCUT2D eigenvalue weighted by molar-refractivity contribution is -0.125. The summed E-state index contributed by atoms with van der Waals surface area (Å²) < 4.78 is 27.2. The zero-order valence-corrected chi connectivity index (χ0v) is 16.2. The number of benzene rings is 1. The molecule has 0 radical (unpaired) electrons. The lowest BCUT2D eigenvalue weighted by Gasteiger charge is -2.19. The molecule has 2 heterocycles. The molecule has 1 aromatic rings. The van der Waals surface area contributed by atoms with Crippen LogP contribution < -0.4 is 10.2 Å². The summed E-state index contributed by atoms with van der Waals surface area (Å²) in [6.45, 7) is 6.83. The fourth-order valence-corrected chi connectivity index (χ4v) is 5.15. The number of anilines is 1. The highest BCUT2D eigenvalue weighted by Crippen LogP contribution is 2.42. The normalized spacial score (nSPS) is 19.7. The van der Waals surface area contributed by atoms with Crippen molar-refractivity contribution in [1.82, 2.24) is 9.62 Å². The van der Waals surface area contributed by atoms with Gasteiger partial charge in [0.2, 0.25) is 21.8 Å². The minimum Gasteiger partial charge on any atom is -0.355 e. The summed E-state index contributed by atoms with van der Waals surface area (Å²) >= 11 is 0. The molecule has 1 saturated heterocycles.